The summed E-state index contributed by atoms with van der Waals surface area (Å²) in [5, 5.41) is 3.24. The fourth-order valence-corrected chi connectivity index (χ4v) is 2.12. The van der Waals surface area contributed by atoms with Gasteiger partial charge < -0.3 is 5.32 Å². The maximum atomic E-state index is 13.0. The molecule has 0 aliphatic rings. The van der Waals surface area contributed by atoms with Crippen molar-refractivity contribution in [3.63, 3.8) is 0 Å². The molecule has 2 rings (SSSR count). The van der Waals surface area contributed by atoms with E-state index < -0.39 is 11.6 Å². The topological polar surface area (TPSA) is 12.0 Å². The second-order valence-corrected chi connectivity index (χ2v) is 5.35. The lowest BCUT2D eigenvalue weighted by molar-refractivity contribution is 0.554. The molecule has 4 heteroatoms. The molecule has 0 radical (unpaired) electrons. The second-order valence-electron chi connectivity index (χ2n) is 4.43. The molecule has 0 spiro atoms. The molecule has 2 aromatic carbocycles. The molecule has 0 fully saturated rings. The molecule has 0 saturated heterocycles. The maximum absolute atomic E-state index is 13.0. The predicted molar refractivity (Wildman–Crippen MR) is 75.8 cm³/mol. The van der Waals surface area contributed by atoms with Gasteiger partial charge in [0, 0.05) is 23.1 Å². The Morgan fingerprint density at radius 3 is 2.21 bits per heavy atom. The molecule has 0 heterocycles. The second kappa shape index (κ2) is 6.26. The van der Waals surface area contributed by atoms with E-state index in [2.05, 4.69) is 21.2 Å². The summed E-state index contributed by atoms with van der Waals surface area (Å²) in [5.41, 5.74) is 1.72. The van der Waals surface area contributed by atoms with E-state index in [1.165, 1.54) is 12.1 Å². The fourth-order valence-electron chi connectivity index (χ4n) is 1.85. The van der Waals surface area contributed by atoms with E-state index in [1.807, 2.05) is 31.2 Å². The van der Waals surface area contributed by atoms with Crippen molar-refractivity contribution in [1.82, 2.24) is 5.32 Å². The number of halogens is 3. The van der Waals surface area contributed by atoms with Crippen molar-refractivity contribution in [2.45, 2.75) is 19.5 Å². The first-order chi connectivity index (χ1) is 9.04. The molecular formula is C15H14BrF2N. The first-order valence-electron chi connectivity index (χ1n) is 5.98. The third kappa shape index (κ3) is 4.11. The van der Waals surface area contributed by atoms with E-state index in [0.717, 1.165) is 16.1 Å². The average molecular weight is 326 g/mol. The number of nitrogens with one attached hydrogen (secondary N) is 1. The Balaban J connectivity index is 1.99. The molecule has 0 bridgehead atoms. The Hall–Kier alpha value is -1.26. The molecule has 0 aliphatic carbocycles. The van der Waals surface area contributed by atoms with Gasteiger partial charge in [-0.3, -0.25) is 0 Å². The van der Waals surface area contributed by atoms with Gasteiger partial charge in [-0.1, -0.05) is 28.1 Å². The summed E-state index contributed by atoms with van der Waals surface area (Å²) >= 11 is 3.38. The molecule has 2 aromatic rings. The van der Waals surface area contributed by atoms with Crippen LogP contribution in [0.4, 0.5) is 8.78 Å². The van der Waals surface area contributed by atoms with Crippen LogP contribution in [0.2, 0.25) is 0 Å². The number of rotatable bonds is 4. The highest BCUT2D eigenvalue weighted by Crippen LogP contribution is 2.17. The zero-order valence-corrected chi connectivity index (χ0v) is 12.0. The lowest BCUT2D eigenvalue weighted by Crippen LogP contribution is -2.18. The molecule has 1 atom stereocenters. The van der Waals surface area contributed by atoms with Gasteiger partial charge in [0.15, 0.2) is 0 Å². The number of hydrogen-bond donors (Lipinski definition) is 1. The normalized spacial score (nSPS) is 12.4. The minimum absolute atomic E-state index is 0.111. The molecule has 1 N–H and O–H groups in total. The van der Waals surface area contributed by atoms with Crippen LogP contribution in [0.15, 0.2) is 46.9 Å². The highest BCUT2D eigenvalue weighted by molar-refractivity contribution is 9.10. The summed E-state index contributed by atoms with van der Waals surface area (Å²) in [6.07, 6.45) is 0. The van der Waals surface area contributed by atoms with Gasteiger partial charge in [0.25, 0.3) is 0 Å². The summed E-state index contributed by atoms with van der Waals surface area (Å²) in [7, 11) is 0. The Morgan fingerprint density at radius 2 is 1.63 bits per heavy atom. The number of hydrogen-bond acceptors (Lipinski definition) is 1. The van der Waals surface area contributed by atoms with Crippen molar-refractivity contribution in [1.29, 1.82) is 0 Å². The summed E-state index contributed by atoms with van der Waals surface area (Å²) in [4.78, 5) is 0. The largest absolute Gasteiger partial charge is 0.306 e. The van der Waals surface area contributed by atoms with Crippen molar-refractivity contribution in [3.05, 3.63) is 69.7 Å². The van der Waals surface area contributed by atoms with E-state index in [9.17, 15) is 8.78 Å². The van der Waals surface area contributed by atoms with E-state index in [1.54, 1.807) is 0 Å². The third-order valence-electron chi connectivity index (χ3n) is 2.90. The highest BCUT2D eigenvalue weighted by Gasteiger charge is 2.06. The first-order valence-corrected chi connectivity index (χ1v) is 6.78. The average Bonchev–Trinajstić information content (AvgIpc) is 2.36. The lowest BCUT2D eigenvalue weighted by Gasteiger charge is -2.14. The Bertz CT molecular complexity index is 534. The third-order valence-corrected chi connectivity index (χ3v) is 3.43. The van der Waals surface area contributed by atoms with Crippen LogP contribution in [-0.4, -0.2) is 0 Å². The molecule has 0 aliphatic heterocycles. The Morgan fingerprint density at radius 1 is 1.05 bits per heavy atom. The lowest BCUT2D eigenvalue weighted by atomic mass is 10.1. The summed E-state index contributed by atoms with van der Waals surface area (Å²) in [6, 6.07) is 11.6. The van der Waals surface area contributed by atoms with Crippen LogP contribution in [0.1, 0.15) is 24.1 Å². The van der Waals surface area contributed by atoms with Crippen LogP contribution in [0.3, 0.4) is 0 Å². The Labute approximate surface area is 119 Å². The van der Waals surface area contributed by atoms with Gasteiger partial charge in [-0.05, 0) is 42.3 Å². The van der Waals surface area contributed by atoms with E-state index >= 15 is 0 Å². The van der Waals surface area contributed by atoms with Gasteiger partial charge in [-0.2, -0.15) is 0 Å². The quantitative estimate of drug-likeness (QED) is 0.867. The zero-order chi connectivity index (χ0) is 13.8. The van der Waals surface area contributed by atoms with Crippen molar-refractivity contribution < 1.29 is 8.78 Å². The van der Waals surface area contributed by atoms with Crippen molar-refractivity contribution in [2.75, 3.05) is 0 Å². The first kappa shape index (κ1) is 14.2. The minimum atomic E-state index is -0.548. The molecule has 0 unspecified atom stereocenters. The molecule has 0 aromatic heterocycles. The maximum Gasteiger partial charge on any atom is 0.126 e. The standard InChI is InChI=1S/C15H14BrF2N/c1-10(12-2-4-13(16)5-3-12)19-9-11-6-14(17)8-15(18)7-11/h2-8,10,19H,9H2,1H3/t10-/m0/s1. The monoisotopic (exact) mass is 325 g/mol. The minimum Gasteiger partial charge on any atom is -0.306 e. The van der Waals surface area contributed by atoms with Gasteiger partial charge in [-0.15, -0.1) is 0 Å². The van der Waals surface area contributed by atoms with Crippen LogP contribution in [0.5, 0.6) is 0 Å². The number of benzene rings is 2. The van der Waals surface area contributed by atoms with Crippen LogP contribution in [0, 0.1) is 11.6 Å². The molecule has 0 amide bonds. The van der Waals surface area contributed by atoms with Crippen LogP contribution < -0.4 is 5.32 Å². The van der Waals surface area contributed by atoms with Gasteiger partial charge in [0.05, 0.1) is 0 Å². The van der Waals surface area contributed by atoms with Crippen molar-refractivity contribution in [2.24, 2.45) is 0 Å². The van der Waals surface area contributed by atoms with Crippen molar-refractivity contribution >= 4 is 15.9 Å². The zero-order valence-electron chi connectivity index (χ0n) is 10.5. The van der Waals surface area contributed by atoms with Crippen molar-refractivity contribution in [3.8, 4) is 0 Å². The van der Waals surface area contributed by atoms with E-state index in [4.69, 9.17) is 0 Å². The Kier molecular flexibility index (Phi) is 4.66. The smallest absolute Gasteiger partial charge is 0.126 e. The summed E-state index contributed by atoms with van der Waals surface area (Å²) in [6.45, 7) is 2.44. The SMILES string of the molecule is C[C@H](NCc1cc(F)cc(F)c1)c1ccc(Br)cc1. The summed E-state index contributed by atoms with van der Waals surface area (Å²) in [5.74, 6) is -1.10. The molecular weight excluding hydrogens is 312 g/mol. The van der Waals surface area contributed by atoms with Gasteiger partial charge >= 0.3 is 0 Å². The van der Waals surface area contributed by atoms with Crippen LogP contribution in [0.25, 0.3) is 0 Å². The van der Waals surface area contributed by atoms with Gasteiger partial charge in [-0.25, -0.2) is 8.78 Å². The highest BCUT2D eigenvalue weighted by atomic mass is 79.9. The van der Waals surface area contributed by atoms with E-state index in [0.29, 0.717) is 12.1 Å². The molecule has 19 heavy (non-hydrogen) atoms. The van der Waals surface area contributed by atoms with Gasteiger partial charge in [0.1, 0.15) is 11.6 Å². The van der Waals surface area contributed by atoms with Gasteiger partial charge in [0.2, 0.25) is 0 Å². The van der Waals surface area contributed by atoms with E-state index in [-0.39, 0.29) is 6.04 Å². The predicted octanol–water partition coefficient (Wildman–Crippen LogP) is 4.58. The molecule has 100 valence electrons. The fraction of sp³-hybridized carbons (Fsp3) is 0.200. The molecule has 1 nitrogen and oxygen atoms in total. The molecule has 0 saturated carbocycles. The summed E-state index contributed by atoms with van der Waals surface area (Å²) < 4.78 is 27.1. The van der Waals surface area contributed by atoms with Crippen LogP contribution in [-0.2, 0) is 6.54 Å². The van der Waals surface area contributed by atoms with Crippen LogP contribution >= 0.6 is 15.9 Å².